The zero-order valence-corrected chi connectivity index (χ0v) is 14.3. The molecular weight excluding hydrogens is 298 g/mol. The molecule has 0 aliphatic heterocycles. The summed E-state index contributed by atoms with van der Waals surface area (Å²) in [7, 11) is 0. The molecule has 3 atom stereocenters. The lowest BCUT2D eigenvalue weighted by Crippen LogP contribution is -2.49. The molecular formula is C21H25NO2. The number of benzene rings is 1. The summed E-state index contributed by atoms with van der Waals surface area (Å²) in [5, 5.41) is 10.8. The highest BCUT2D eigenvalue weighted by molar-refractivity contribution is 5.93. The van der Waals surface area contributed by atoms with Gasteiger partial charge in [-0.2, -0.15) is 0 Å². The average molecular weight is 323 g/mol. The average Bonchev–Trinajstić information content (AvgIpc) is 2.55. The minimum Gasteiger partial charge on any atom is -0.378 e. The molecule has 3 nitrogen and oxygen atoms in total. The molecule has 126 valence electrons. The number of nitrogens with two attached hydrogens (primary N) is 1. The topological polar surface area (TPSA) is 63.3 Å². The number of hydrogen-bond acceptors (Lipinski definition) is 2. The Bertz CT molecular complexity index is 742. The minimum absolute atomic E-state index is 0.00678. The number of aryl methyl sites for hydroxylation is 1. The van der Waals surface area contributed by atoms with Crippen LogP contribution in [0.1, 0.15) is 60.5 Å². The third-order valence-corrected chi connectivity index (χ3v) is 5.90. The van der Waals surface area contributed by atoms with Crippen molar-refractivity contribution in [1.82, 2.24) is 0 Å². The van der Waals surface area contributed by atoms with Gasteiger partial charge in [0.1, 0.15) is 5.60 Å². The fraction of sp³-hybridized carbons (Fsp3) is 0.476. The van der Waals surface area contributed by atoms with Crippen molar-refractivity contribution in [2.75, 3.05) is 0 Å². The van der Waals surface area contributed by atoms with Crippen molar-refractivity contribution in [3.05, 3.63) is 47.5 Å². The van der Waals surface area contributed by atoms with Crippen molar-refractivity contribution in [1.29, 1.82) is 0 Å². The number of fused-ring (bicyclic) bond motifs is 3. The van der Waals surface area contributed by atoms with E-state index in [2.05, 4.69) is 24.5 Å². The SMILES string of the molecule is C=CC[C@@]12CC[C@](O)(C#CC)C[C@H]1CCc1cc(C(N)=O)ccc12. The number of aliphatic hydroxyl groups is 1. The molecule has 0 saturated heterocycles. The normalized spacial score (nSPS) is 31.2. The Balaban J connectivity index is 2.05. The van der Waals surface area contributed by atoms with Gasteiger partial charge in [-0.25, -0.2) is 0 Å². The molecule has 0 aromatic heterocycles. The van der Waals surface area contributed by atoms with Crippen molar-refractivity contribution in [2.45, 2.75) is 56.5 Å². The first-order valence-electron chi connectivity index (χ1n) is 8.64. The molecule has 2 aliphatic carbocycles. The van der Waals surface area contributed by atoms with Gasteiger partial charge in [-0.1, -0.05) is 18.1 Å². The maximum Gasteiger partial charge on any atom is 0.248 e. The summed E-state index contributed by atoms with van der Waals surface area (Å²) < 4.78 is 0. The Labute approximate surface area is 143 Å². The Morgan fingerprint density at radius 1 is 1.50 bits per heavy atom. The Morgan fingerprint density at radius 2 is 2.29 bits per heavy atom. The van der Waals surface area contributed by atoms with E-state index < -0.39 is 5.60 Å². The summed E-state index contributed by atoms with van der Waals surface area (Å²) in [6, 6.07) is 5.85. The monoisotopic (exact) mass is 323 g/mol. The lowest BCUT2D eigenvalue weighted by atomic mass is 9.53. The molecule has 1 saturated carbocycles. The standard InChI is InChI=1S/C21H25NO2/c1-3-9-20(24)11-12-21(10-4-2)17(14-20)7-5-15-13-16(19(22)23)6-8-18(15)21/h4,6,8,13,17,24H,2,5,7,10-12,14H2,1H3,(H2,22,23)/t17-,20-,21-/m1/s1. The van der Waals surface area contributed by atoms with Crippen LogP contribution in [-0.4, -0.2) is 16.6 Å². The van der Waals surface area contributed by atoms with Gasteiger partial charge in [0.15, 0.2) is 0 Å². The second-order valence-electron chi connectivity index (χ2n) is 7.23. The Morgan fingerprint density at radius 3 is 2.96 bits per heavy atom. The first kappa shape index (κ1) is 16.8. The summed E-state index contributed by atoms with van der Waals surface area (Å²) in [6.45, 7) is 5.75. The predicted octanol–water partition coefficient (Wildman–Crippen LogP) is 3.10. The van der Waals surface area contributed by atoms with Gasteiger partial charge in [0, 0.05) is 11.0 Å². The van der Waals surface area contributed by atoms with Gasteiger partial charge < -0.3 is 10.8 Å². The van der Waals surface area contributed by atoms with E-state index in [-0.39, 0.29) is 11.3 Å². The molecule has 2 aliphatic rings. The molecule has 1 amide bonds. The van der Waals surface area contributed by atoms with Gasteiger partial charge in [-0.05, 0) is 74.6 Å². The van der Waals surface area contributed by atoms with Gasteiger partial charge in [0.2, 0.25) is 5.91 Å². The number of primary amides is 1. The number of amides is 1. The second kappa shape index (κ2) is 6.11. The lowest BCUT2D eigenvalue weighted by Gasteiger charge is -2.52. The first-order chi connectivity index (χ1) is 11.4. The van der Waals surface area contributed by atoms with E-state index in [9.17, 15) is 9.90 Å². The van der Waals surface area contributed by atoms with Crippen molar-refractivity contribution in [3.63, 3.8) is 0 Å². The summed E-state index contributed by atoms with van der Waals surface area (Å²) >= 11 is 0. The van der Waals surface area contributed by atoms with Crippen LogP contribution in [0.2, 0.25) is 0 Å². The van der Waals surface area contributed by atoms with Crippen LogP contribution in [-0.2, 0) is 11.8 Å². The largest absolute Gasteiger partial charge is 0.378 e. The maximum absolute atomic E-state index is 11.5. The third kappa shape index (κ3) is 2.65. The molecule has 1 aromatic rings. The second-order valence-corrected chi connectivity index (χ2v) is 7.23. The zero-order chi connectivity index (χ0) is 17.4. The van der Waals surface area contributed by atoms with Gasteiger partial charge in [0.25, 0.3) is 0 Å². The number of hydrogen-bond donors (Lipinski definition) is 2. The predicted molar refractivity (Wildman–Crippen MR) is 95.5 cm³/mol. The van der Waals surface area contributed by atoms with Gasteiger partial charge in [-0.3, -0.25) is 4.79 Å². The van der Waals surface area contributed by atoms with Crippen molar-refractivity contribution < 1.29 is 9.90 Å². The Kier molecular flexibility index (Phi) is 4.27. The smallest absolute Gasteiger partial charge is 0.248 e. The van der Waals surface area contributed by atoms with E-state index in [1.165, 1.54) is 11.1 Å². The van der Waals surface area contributed by atoms with Crippen molar-refractivity contribution in [2.24, 2.45) is 11.7 Å². The van der Waals surface area contributed by atoms with Crippen LogP contribution in [0.15, 0.2) is 30.9 Å². The molecule has 3 rings (SSSR count). The molecule has 0 bridgehead atoms. The fourth-order valence-electron chi connectivity index (χ4n) is 4.82. The van der Waals surface area contributed by atoms with E-state index in [1.54, 1.807) is 6.92 Å². The zero-order valence-electron chi connectivity index (χ0n) is 14.3. The number of carbonyl (C=O) groups excluding carboxylic acids is 1. The van der Waals surface area contributed by atoms with E-state index >= 15 is 0 Å². The summed E-state index contributed by atoms with van der Waals surface area (Å²) in [4.78, 5) is 11.5. The van der Waals surface area contributed by atoms with Gasteiger partial charge in [-0.15, -0.1) is 12.5 Å². The van der Waals surface area contributed by atoms with Crippen LogP contribution in [0.5, 0.6) is 0 Å². The van der Waals surface area contributed by atoms with E-state index in [0.29, 0.717) is 24.3 Å². The highest BCUT2D eigenvalue weighted by Gasteiger charge is 2.50. The number of allylic oxidation sites excluding steroid dienone is 1. The molecule has 3 heteroatoms. The van der Waals surface area contributed by atoms with E-state index in [0.717, 1.165) is 25.7 Å². The lowest BCUT2D eigenvalue weighted by molar-refractivity contribution is -0.00718. The van der Waals surface area contributed by atoms with Crippen molar-refractivity contribution in [3.8, 4) is 11.8 Å². The van der Waals surface area contributed by atoms with Crippen LogP contribution >= 0.6 is 0 Å². The summed E-state index contributed by atoms with van der Waals surface area (Å²) in [5.74, 6) is 5.90. The first-order valence-corrected chi connectivity index (χ1v) is 8.64. The minimum atomic E-state index is -0.866. The molecule has 0 spiro atoms. The molecule has 0 heterocycles. The molecule has 0 unspecified atom stereocenters. The fourth-order valence-corrected chi connectivity index (χ4v) is 4.82. The summed E-state index contributed by atoms with van der Waals surface area (Å²) in [6.07, 6.45) is 7.05. The Hall–Kier alpha value is -2.05. The van der Waals surface area contributed by atoms with Crippen molar-refractivity contribution >= 4 is 5.91 Å². The van der Waals surface area contributed by atoms with E-state index in [1.807, 2.05) is 18.2 Å². The highest BCUT2D eigenvalue weighted by atomic mass is 16.3. The molecule has 1 aromatic carbocycles. The molecule has 1 fully saturated rings. The maximum atomic E-state index is 11.5. The van der Waals surface area contributed by atoms with Crippen LogP contribution < -0.4 is 5.73 Å². The third-order valence-electron chi connectivity index (χ3n) is 5.90. The quantitative estimate of drug-likeness (QED) is 0.663. The van der Waals surface area contributed by atoms with Crippen LogP contribution in [0.3, 0.4) is 0 Å². The van der Waals surface area contributed by atoms with E-state index in [4.69, 9.17) is 5.73 Å². The van der Waals surface area contributed by atoms with Crippen LogP contribution in [0, 0.1) is 17.8 Å². The van der Waals surface area contributed by atoms with Crippen LogP contribution in [0.25, 0.3) is 0 Å². The van der Waals surface area contributed by atoms with Gasteiger partial charge in [0.05, 0.1) is 0 Å². The molecule has 3 N–H and O–H groups in total. The summed E-state index contributed by atoms with van der Waals surface area (Å²) in [5.41, 5.74) is 7.66. The molecule has 24 heavy (non-hydrogen) atoms. The van der Waals surface area contributed by atoms with Gasteiger partial charge >= 0.3 is 0 Å². The van der Waals surface area contributed by atoms with Crippen LogP contribution in [0.4, 0.5) is 0 Å². The highest BCUT2D eigenvalue weighted by Crippen LogP contribution is 2.54. The number of rotatable bonds is 3. The molecule has 0 radical (unpaired) electrons. The number of carbonyl (C=O) groups is 1.